The van der Waals surface area contributed by atoms with Gasteiger partial charge in [0.2, 0.25) is 0 Å². The van der Waals surface area contributed by atoms with Crippen LogP contribution in [0.1, 0.15) is 24.0 Å². The molecular formula is C20H26Cl2N2+2. The van der Waals surface area contributed by atoms with Crippen molar-refractivity contribution in [3.8, 4) is 0 Å². The Hall–Kier alpha value is -1.06. The molecule has 4 heteroatoms. The predicted molar refractivity (Wildman–Crippen MR) is 101 cm³/mol. The average Bonchev–Trinajstić information content (AvgIpc) is 2.59. The summed E-state index contributed by atoms with van der Waals surface area (Å²) in [5.74, 6) is 0. The minimum absolute atomic E-state index is 0.710. The molecule has 2 nitrogen and oxygen atoms in total. The van der Waals surface area contributed by atoms with Crippen LogP contribution in [0, 0.1) is 0 Å². The summed E-state index contributed by atoms with van der Waals surface area (Å²) < 4.78 is 0. The Labute approximate surface area is 154 Å². The standard InChI is InChI=1S/C20H24Cl2N2/c21-18-7-6-17(20(22)14-18)8-11-23-19-9-12-24(13-10-19)15-16-4-2-1-3-5-16/h1-7,14,19,23H,8-13,15H2/p+2. The molecule has 0 spiro atoms. The van der Waals surface area contributed by atoms with Crippen LogP contribution >= 0.6 is 23.2 Å². The zero-order valence-corrected chi connectivity index (χ0v) is 15.5. The lowest BCUT2D eigenvalue weighted by atomic mass is 10.0. The Bertz CT molecular complexity index is 637. The van der Waals surface area contributed by atoms with Gasteiger partial charge in [0.1, 0.15) is 6.54 Å². The molecular weight excluding hydrogens is 339 g/mol. The smallest absolute Gasteiger partial charge is 0.103 e. The summed E-state index contributed by atoms with van der Waals surface area (Å²) in [6.45, 7) is 4.81. The molecule has 0 unspecified atom stereocenters. The van der Waals surface area contributed by atoms with E-state index in [9.17, 15) is 0 Å². The van der Waals surface area contributed by atoms with Gasteiger partial charge in [0.05, 0.1) is 25.7 Å². The van der Waals surface area contributed by atoms with Gasteiger partial charge in [0, 0.05) is 34.9 Å². The molecule has 128 valence electrons. The van der Waals surface area contributed by atoms with Crippen molar-refractivity contribution in [2.24, 2.45) is 0 Å². The Morgan fingerprint density at radius 1 is 1.00 bits per heavy atom. The lowest BCUT2D eigenvalue weighted by Gasteiger charge is -2.28. The lowest BCUT2D eigenvalue weighted by molar-refractivity contribution is -0.926. The summed E-state index contributed by atoms with van der Waals surface area (Å²) in [7, 11) is 0. The van der Waals surface area contributed by atoms with Gasteiger partial charge in [-0.2, -0.15) is 0 Å². The zero-order valence-electron chi connectivity index (χ0n) is 14.0. The topological polar surface area (TPSA) is 21.1 Å². The largest absolute Gasteiger partial charge is 0.343 e. The van der Waals surface area contributed by atoms with Crippen LogP contribution in [0.15, 0.2) is 48.5 Å². The summed E-state index contributed by atoms with van der Waals surface area (Å²) >= 11 is 12.2. The van der Waals surface area contributed by atoms with Crippen LogP contribution in [0.4, 0.5) is 0 Å². The molecule has 2 aromatic rings. The third-order valence-corrected chi connectivity index (χ3v) is 5.55. The molecule has 0 radical (unpaired) electrons. The fourth-order valence-electron chi connectivity index (χ4n) is 3.54. The van der Waals surface area contributed by atoms with Crippen molar-refractivity contribution in [3.63, 3.8) is 0 Å². The van der Waals surface area contributed by atoms with Gasteiger partial charge in [-0.3, -0.25) is 0 Å². The number of rotatable bonds is 6. The van der Waals surface area contributed by atoms with E-state index in [0.29, 0.717) is 5.02 Å². The van der Waals surface area contributed by atoms with Crippen LogP contribution in [0.5, 0.6) is 0 Å². The Morgan fingerprint density at radius 3 is 2.46 bits per heavy atom. The highest BCUT2D eigenvalue weighted by Crippen LogP contribution is 2.20. The van der Waals surface area contributed by atoms with Crippen LogP contribution in [0.2, 0.25) is 10.0 Å². The van der Waals surface area contributed by atoms with Gasteiger partial charge in [0.25, 0.3) is 0 Å². The molecule has 1 heterocycles. The van der Waals surface area contributed by atoms with E-state index in [0.717, 1.165) is 30.6 Å². The molecule has 0 amide bonds. The number of quaternary nitrogens is 2. The van der Waals surface area contributed by atoms with Crippen LogP contribution in [0.3, 0.4) is 0 Å². The first-order chi connectivity index (χ1) is 11.7. The fourth-order valence-corrected chi connectivity index (χ4v) is 4.05. The third-order valence-electron chi connectivity index (χ3n) is 4.96. The van der Waals surface area contributed by atoms with Crippen molar-refractivity contribution >= 4 is 23.2 Å². The number of benzene rings is 2. The van der Waals surface area contributed by atoms with Gasteiger partial charge >= 0.3 is 0 Å². The first-order valence-corrected chi connectivity index (χ1v) is 9.61. The van der Waals surface area contributed by atoms with Crippen LogP contribution in [0.25, 0.3) is 0 Å². The summed E-state index contributed by atoms with van der Waals surface area (Å²) in [4.78, 5) is 1.71. The van der Waals surface area contributed by atoms with Gasteiger partial charge in [-0.05, 0) is 17.7 Å². The molecule has 1 aliphatic heterocycles. The quantitative estimate of drug-likeness (QED) is 0.784. The van der Waals surface area contributed by atoms with Crippen molar-refractivity contribution in [1.29, 1.82) is 0 Å². The second kappa shape index (κ2) is 8.87. The molecule has 3 rings (SSSR count). The number of halogens is 2. The molecule has 0 saturated carbocycles. The molecule has 0 bridgehead atoms. The summed E-state index contributed by atoms with van der Waals surface area (Å²) in [6, 6.07) is 17.4. The van der Waals surface area contributed by atoms with Crippen molar-refractivity contribution in [2.45, 2.75) is 31.8 Å². The SMILES string of the molecule is Clc1ccc(CC[NH2+]C2CC[NH+](Cc3ccccc3)CC2)c(Cl)c1. The average molecular weight is 365 g/mol. The molecule has 0 atom stereocenters. The van der Waals surface area contributed by atoms with Crippen LogP contribution in [-0.4, -0.2) is 25.7 Å². The van der Waals surface area contributed by atoms with Crippen LogP contribution in [-0.2, 0) is 13.0 Å². The molecule has 1 fully saturated rings. The van der Waals surface area contributed by atoms with E-state index < -0.39 is 0 Å². The van der Waals surface area contributed by atoms with Gasteiger partial charge in [-0.15, -0.1) is 0 Å². The van der Waals surface area contributed by atoms with Gasteiger partial charge in [-0.25, -0.2) is 0 Å². The molecule has 0 aliphatic carbocycles. The molecule has 1 aliphatic rings. The first-order valence-electron chi connectivity index (χ1n) is 8.85. The molecule has 3 N–H and O–H groups in total. The van der Waals surface area contributed by atoms with E-state index in [1.54, 1.807) is 4.90 Å². The normalized spacial score (nSPS) is 20.9. The van der Waals surface area contributed by atoms with E-state index in [1.807, 2.05) is 18.2 Å². The molecule has 1 saturated heterocycles. The molecule has 24 heavy (non-hydrogen) atoms. The van der Waals surface area contributed by atoms with Crippen LogP contribution < -0.4 is 10.2 Å². The monoisotopic (exact) mass is 364 g/mol. The van der Waals surface area contributed by atoms with Gasteiger partial charge in [0.15, 0.2) is 0 Å². The minimum Gasteiger partial charge on any atom is -0.343 e. The second-order valence-corrected chi connectivity index (χ2v) is 7.60. The maximum Gasteiger partial charge on any atom is 0.103 e. The summed E-state index contributed by atoms with van der Waals surface area (Å²) in [5, 5.41) is 4.00. The van der Waals surface area contributed by atoms with E-state index >= 15 is 0 Å². The Balaban J connectivity index is 1.38. The Kier molecular flexibility index (Phi) is 6.56. The highest BCUT2D eigenvalue weighted by atomic mass is 35.5. The van der Waals surface area contributed by atoms with Gasteiger partial charge in [-0.1, -0.05) is 59.6 Å². The van der Waals surface area contributed by atoms with Gasteiger partial charge < -0.3 is 10.2 Å². The van der Waals surface area contributed by atoms with E-state index in [4.69, 9.17) is 23.2 Å². The number of hydrogen-bond donors (Lipinski definition) is 2. The highest BCUT2D eigenvalue weighted by molar-refractivity contribution is 6.35. The number of nitrogens with two attached hydrogens (primary N) is 1. The fraction of sp³-hybridized carbons (Fsp3) is 0.400. The molecule has 0 aromatic heterocycles. The summed E-state index contributed by atoms with van der Waals surface area (Å²) in [6.07, 6.45) is 3.61. The number of nitrogens with one attached hydrogen (secondary N) is 1. The predicted octanol–water partition coefficient (Wildman–Crippen LogP) is 2.35. The number of piperidine rings is 1. The second-order valence-electron chi connectivity index (χ2n) is 6.76. The lowest BCUT2D eigenvalue weighted by Crippen LogP contribution is -3.13. The zero-order chi connectivity index (χ0) is 16.8. The number of hydrogen-bond acceptors (Lipinski definition) is 0. The minimum atomic E-state index is 0.710. The van der Waals surface area contributed by atoms with E-state index in [1.165, 1.54) is 37.1 Å². The highest BCUT2D eigenvalue weighted by Gasteiger charge is 2.24. The third kappa shape index (κ3) is 5.22. The van der Waals surface area contributed by atoms with E-state index in [-0.39, 0.29) is 0 Å². The van der Waals surface area contributed by atoms with Crippen molar-refractivity contribution in [3.05, 3.63) is 69.7 Å². The van der Waals surface area contributed by atoms with Crippen molar-refractivity contribution in [1.82, 2.24) is 0 Å². The Morgan fingerprint density at radius 2 is 1.75 bits per heavy atom. The van der Waals surface area contributed by atoms with Crippen molar-refractivity contribution < 1.29 is 10.2 Å². The number of likely N-dealkylation sites (tertiary alicyclic amines) is 1. The summed E-state index contributed by atoms with van der Waals surface area (Å²) in [5.41, 5.74) is 2.65. The maximum absolute atomic E-state index is 6.25. The van der Waals surface area contributed by atoms with Crippen molar-refractivity contribution in [2.75, 3.05) is 19.6 Å². The first kappa shape index (κ1) is 17.8. The molecule has 2 aromatic carbocycles. The van der Waals surface area contributed by atoms with E-state index in [2.05, 4.69) is 35.6 Å². The maximum atomic E-state index is 6.25.